The van der Waals surface area contributed by atoms with Crippen molar-refractivity contribution < 1.29 is 18.3 Å². The Morgan fingerprint density at radius 1 is 1.25 bits per heavy atom. The predicted octanol–water partition coefficient (Wildman–Crippen LogP) is 5.06. The van der Waals surface area contributed by atoms with E-state index in [-0.39, 0.29) is 28.5 Å². The average molecular weight is 491 g/mol. The molecule has 2 heterocycles. The van der Waals surface area contributed by atoms with Gasteiger partial charge in [-0.05, 0) is 74.9 Å². The molecule has 0 spiro atoms. The monoisotopic (exact) mass is 490 g/mol. The Kier molecular flexibility index (Phi) is 5.44. The molecule has 1 atom stereocenters. The first kappa shape index (κ1) is 23.7. The molecule has 3 aliphatic carbocycles. The van der Waals surface area contributed by atoms with Gasteiger partial charge in [0.05, 0.1) is 35.7 Å². The van der Waals surface area contributed by atoms with Crippen molar-refractivity contribution in [3.05, 3.63) is 46.2 Å². The van der Waals surface area contributed by atoms with Gasteiger partial charge in [0.2, 0.25) is 11.8 Å². The first-order valence-electron chi connectivity index (χ1n) is 11.6. The molecule has 1 aromatic heterocycles. The minimum absolute atomic E-state index is 0.0427. The van der Waals surface area contributed by atoms with Gasteiger partial charge in [-0.25, -0.2) is 13.8 Å². The number of alkyl halides is 2. The Hall–Kier alpha value is -4.05. The van der Waals surface area contributed by atoms with Crippen LogP contribution in [0.15, 0.2) is 18.2 Å². The standard InChI is InChI=1S/C26H24F2N6O2/c1-14-7-17(5-4-6-29)8-15(2)21(14)36-22-19-16(3)34(9-18(27)28)23(35)20(19)31-24(32-22)33-26-10-25(11-26,12-26)13-30/h4-5,7-8,16,18H,9-12H2,1-3H3,(H,31,32,33)/b5-4+/t16-,25?,26?/m0/s1. The first-order valence-corrected chi connectivity index (χ1v) is 11.6. The van der Waals surface area contributed by atoms with Gasteiger partial charge in [0.25, 0.3) is 12.3 Å². The van der Waals surface area contributed by atoms with Crippen molar-refractivity contribution in [3.63, 3.8) is 0 Å². The number of carbonyl (C=O) groups is 1. The summed E-state index contributed by atoms with van der Waals surface area (Å²) in [4.78, 5) is 23.2. The molecule has 10 heteroatoms. The molecule has 0 radical (unpaired) electrons. The van der Waals surface area contributed by atoms with Gasteiger partial charge in [0.15, 0.2) is 0 Å². The molecule has 0 saturated heterocycles. The molecule has 1 aliphatic heterocycles. The highest BCUT2D eigenvalue weighted by Gasteiger charge is 2.69. The molecule has 1 amide bonds. The highest BCUT2D eigenvalue weighted by atomic mass is 19.3. The number of ether oxygens (including phenoxy) is 1. The summed E-state index contributed by atoms with van der Waals surface area (Å²) in [6.45, 7) is 4.65. The van der Waals surface area contributed by atoms with E-state index in [1.54, 1.807) is 13.0 Å². The number of hydrogen-bond donors (Lipinski definition) is 1. The molecule has 36 heavy (non-hydrogen) atoms. The lowest BCUT2D eigenvalue weighted by molar-refractivity contribution is -0.0665. The third-order valence-corrected chi connectivity index (χ3v) is 7.27. The highest BCUT2D eigenvalue weighted by Crippen LogP contribution is 2.67. The smallest absolute Gasteiger partial charge is 0.273 e. The number of allylic oxidation sites excluding steroid dienone is 1. The maximum atomic E-state index is 13.2. The normalized spacial score (nSPS) is 25.7. The van der Waals surface area contributed by atoms with E-state index in [1.807, 2.05) is 32.0 Å². The van der Waals surface area contributed by atoms with E-state index in [0.717, 1.165) is 21.6 Å². The van der Waals surface area contributed by atoms with Crippen LogP contribution < -0.4 is 10.1 Å². The summed E-state index contributed by atoms with van der Waals surface area (Å²) in [6, 6.07) is 7.33. The van der Waals surface area contributed by atoms with E-state index in [9.17, 15) is 18.8 Å². The van der Waals surface area contributed by atoms with Crippen LogP contribution >= 0.6 is 0 Å². The van der Waals surface area contributed by atoms with Crippen molar-refractivity contribution in [2.75, 3.05) is 11.9 Å². The Bertz CT molecular complexity index is 1350. The topological polar surface area (TPSA) is 115 Å². The summed E-state index contributed by atoms with van der Waals surface area (Å²) < 4.78 is 32.8. The van der Waals surface area contributed by atoms with E-state index in [0.29, 0.717) is 30.6 Å². The number of aromatic nitrogens is 2. The number of nitrogens with zero attached hydrogens (tertiary/aromatic N) is 5. The van der Waals surface area contributed by atoms with Crippen molar-refractivity contribution in [2.45, 2.75) is 58.0 Å². The van der Waals surface area contributed by atoms with Crippen LogP contribution in [0.4, 0.5) is 14.7 Å². The molecule has 2 bridgehead atoms. The van der Waals surface area contributed by atoms with Crippen LogP contribution in [0.2, 0.25) is 0 Å². The van der Waals surface area contributed by atoms with Crippen LogP contribution in [0.25, 0.3) is 6.08 Å². The zero-order valence-corrected chi connectivity index (χ0v) is 20.1. The fraction of sp³-hybridized carbons (Fsp3) is 0.423. The number of fused-ring (bicyclic) bond motifs is 1. The molecule has 2 aromatic rings. The molecule has 4 aliphatic rings. The SMILES string of the molecule is Cc1cc(/C=C/C#N)cc(C)c1Oc1nc(NC23CC(C#N)(C2)C3)nc2c1[C@H](C)N(CC(F)F)C2=O. The lowest BCUT2D eigenvalue weighted by Gasteiger charge is -2.66. The van der Waals surface area contributed by atoms with Gasteiger partial charge in [-0.3, -0.25) is 4.79 Å². The molecule has 8 nitrogen and oxygen atoms in total. The molecule has 1 aromatic carbocycles. The Labute approximate surface area is 207 Å². The number of rotatable bonds is 7. The summed E-state index contributed by atoms with van der Waals surface area (Å²) in [7, 11) is 0. The lowest BCUT2D eigenvalue weighted by Crippen LogP contribution is -2.70. The maximum Gasteiger partial charge on any atom is 0.273 e. The molecule has 6 rings (SSSR count). The molecule has 3 fully saturated rings. The maximum absolute atomic E-state index is 13.2. The fourth-order valence-corrected chi connectivity index (χ4v) is 5.73. The van der Waals surface area contributed by atoms with Crippen LogP contribution in [0.3, 0.4) is 0 Å². The van der Waals surface area contributed by atoms with Crippen molar-refractivity contribution in [2.24, 2.45) is 5.41 Å². The number of nitriles is 2. The number of hydrogen-bond acceptors (Lipinski definition) is 7. The van der Waals surface area contributed by atoms with Gasteiger partial charge in [0.1, 0.15) is 11.4 Å². The zero-order valence-electron chi connectivity index (χ0n) is 20.1. The van der Waals surface area contributed by atoms with Gasteiger partial charge >= 0.3 is 0 Å². The summed E-state index contributed by atoms with van der Waals surface area (Å²) in [6.07, 6.45) is 2.40. The van der Waals surface area contributed by atoms with Crippen molar-refractivity contribution >= 4 is 17.9 Å². The van der Waals surface area contributed by atoms with Crippen LogP contribution in [0.5, 0.6) is 11.6 Å². The number of aryl methyl sites for hydroxylation is 2. The minimum Gasteiger partial charge on any atom is -0.438 e. The quantitative estimate of drug-likeness (QED) is 0.539. The van der Waals surface area contributed by atoms with E-state index in [4.69, 9.17) is 10.00 Å². The minimum atomic E-state index is -2.69. The summed E-state index contributed by atoms with van der Waals surface area (Å²) in [5.41, 5.74) is 2.22. The van der Waals surface area contributed by atoms with E-state index in [2.05, 4.69) is 21.4 Å². The number of carbonyl (C=O) groups excluding carboxylic acids is 1. The van der Waals surface area contributed by atoms with Crippen LogP contribution in [-0.2, 0) is 0 Å². The van der Waals surface area contributed by atoms with Crippen molar-refractivity contribution in [3.8, 4) is 23.8 Å². The second kappa shape index (κ2) is 8.27. The third-order valence-electron chi connectivity index (χ3n) is 7.27. The highest BCUT2D eigenvalue weighted by molar-refractivity contribution is 5.98. The van der Waals surface area contributed by atoms with Gasteiger partial charge in [-0.15, -0.1) is 0 Å². The summed E-state index contributed by atoms with van der Waals surface area (Å²) >= 11 is 0. The van der Waals surface area contributed by atoms with Gasteiger partial charge in [0, 0.05) is 11.6 Å². The van der Waals surface area contributed by atoms with Crippen molar-refractivity contribution in [1.29, 1.82) is 10.5 Å². The lowest BCUT2D eigenvalue weighted by atomic mass is 9.40. The predicted molar refractivity (Wildman–Crippen MR) is 126 cm³/mol. The van der Waals surface area contributed by atoms with Gasteiger partial charge < -0.3 is 15.0 Å². The first-order chi connectivity index (χ1) is 17.1. The Balaban J connectivity index is 1.53. The number of benzene rings is 1. The largest absolute Gasteiger partial charge is 0.438 e. The van der Waals surface area contributed by atoms with Crippen molar-refractivity contribution in [1.82, 2.24) is 14.9 Å². The van der Waals surface area contributed by atoms with Crippen LogP contribution in [0, 0.1) is 41.9 Å². The van der Waals surface area contributed by atoms with E-state index >= 15 is 0 Å². The van der Waals surface area contributed by atoms with Crippen LogP contribution in [-0.4, -0.2) is 39.3 Å². The molecule has 3 saturated carbocycles. The summed E-state index contributed by atoms with van der Waals surface area (Å²) in [5, 5.41) is 21.4. The number of nitrogens with one attached hydrogen (secondary N) is 1. The number of amides is 1. The molecule has 184 valence electrons. The van der Waals surface area contributed by atoms with Gasteiger partial charge in [-0.1, -0.05) is 0 Å². The van der Waals surface area contributed by atoms with Crippen LogP contribution in [0.1, 0.15) is 65.0 Å². The average Bonchev–Trinajstić information content (AvgIpc) is 3.00. The second-order valence-corrected chi connectivity index (χ2v) is 10.0. The summed E-state index contributed by atoms with van der Waals surface area (Å²) in [5.74, 6) is 0.244. The number of anilines is 1. The zero-order chi connectivity index (χ0) is 25.8. The fourth-order valence-electron chi connectivity index (χ4n) is 5.73. The molecule has 0 unspecified atom stereocenters. The second-order valence-electron chi connectivity index (χ2n) is 10.0. The Morgan fingerprint density at radius 3 is 2.50 bits per heavy atom. The Morgan fingerprint density at radius 2 is 1.92 bits per heavy atom. The molecule has 1 N–H and O–H groups in total. The van der Waals surface area contributed by atoms with E-state index in [1.165, 1.54) is 6.08 Å². The molecular formula is C26H24F2N6O2. The molecular weight excluding hydrogens is 466 g/mol. The van der Waals surface area contributed by atoms with Gasteiger partial charge in [-0.2, -0.15) is 15.5 Å². The third kappa shape index (κ3) is 3.74. The number of halogens is 2. The van der Waals surface area contributed by atoms with E-state index < -0.39 is 24.9 Å².